The number of halogens is 1. The van der Waals surface area contributed by atoms with Crippen molar-refractivity contribution in [1.29, 1.82) is 5.26 Å². The summed E-state index contributed by atoms with van der Waals surface area (Å²) in [4.78, 5) is 4.58. The van der Waals surface area contributed by atoms with E-state index in [9.17, 15) is 9.50 Å². The van der Waals surface area contributed by atoms with Crippen LogP contribution in [0.5, 0.6) is 0 Å². The van der Waals surface area contributed by atoms with Gasteiger partial charge >= 0.3 is 0 Å². The van der Waals surface area contributed by atoms with Crippen molar-refractivity contribution in [2.24, 2.45) is 0 Å². The van der Waals surface area contributed by atoms with Gasteiger partial charge in [0.15, 0.2) is 0 Å². The van der Waals surface area contributed by atoms with Gasteiger partial charge in [0.05, 0.1) is 23.9 Å². The third kappa shape index (κ3) is 2.73. The highest BCUT2D eigenvalue weighted by Crippen LogP contribution is 2.27. The van der Waals surface area contributed by atoms with E-state index in [1.807, 2.05) is 41.1 Å². The van der Waals surface area contributed by atoms with Gasteiger partial charge in [-0.15, -0.1) is 0 Å². The average molecular weight is 343 g/mol. The van der Waals surface area contributed by atoms with Crippen molar-refractivity contribution >= 4 is 5.65 Å². The molecule has 0 radical (unpaired) electrons. The number of imidazole rings is 1. The maximum Gasteiger partial charge on any atom is 0.137 e. The molecular weight excluding hydrogens is 329 g/mol. The second-order valence-electron chi connectivity index (χ2n) is 5.93. The third-order valence-electron chi connectivity index (χ3n) is 4.33. The van der Waals surface area contributed by atoms with Gasteiger partial charge in [-0.1, -0.05) is 24.3 Å². The number of aliphatic hydroxyl groups excluding tert-OH is 1. The van der Waals surface area contributed by atoms with E-state index < -0.39 is 5.82 Å². The Kier molecular flexibility index (Phi) is 3.96. The molecule has 2 aromatic carbocycles. The summed E-state index contributed by atoms with van der Waals surface area (Å²) >= 11 is 0. The molecule has 0 fully saturated rings. The fourth-order valence-electron chi connectivity index (χ4n) is 3.03. The first-order valence-corrected chi connectivity index (χ1v) is 8.07. The lowest BCUT2D eigenvalue weighted by Crippen LogP contribution is -1.95. The molecular formula is C21H14FN3O. The van der Waals surface area contributed by atoms with Crippen LogP contribution in [0.25, 0.3) is 28.0 Å². The van der Waals surface area contributed by atoms with E-state index in [-0.39, 0.29) is 12.2 Å². The lowest BCUT2D eigenvalue weighted by molar-refractivity contribution is 0.276. The highest BCUT2D eigenvalue weighted by molar-refractivity contribution is 5.70. The average Bonchev–Trinajstić information content (AvgIpc) is 3.11. The van der Waals surface area contributed by atoms with Gasteiger partial charge in [-0.3, -0.25) is 0 Å². The molecule has 2 aromatic heterocycles. The summed E-state index contributed by atoms with van der Waals surface area (Å²) in [6, 6.07) is 17.8. The fourth-order valence-corrected chi connectivity index (χ4v) is 3.03. The largest absolute Gasteiger partial charge is 0.392 e. The molecule has 0 saturated carbocycles. The van der Waals surface area contributed by atoms with Crippen LogP contribution in [0.15, 0.2) is 67.0 Å². The first-order chi connectivity index (χ1) is 12.7. The number of fused-ring (bicyclic) bond motifs is 1. The summed E-state index contributed by atoms with van der Waals surface area (Å²) < 4.78 is 15.8. The molecule has 5 heteroatoms. The number of nitrogens with zero attached hydrogens (tertiary/aromatic N) is 3. The van der Waals surface area contributed by atoms with Crippen molar-refractivity contribution in [1.82, 2.24) is 9.38 Å². The number of aliphatic hydroxyl groups is 1. The Morgan fingerprint density at radius 1 is 1.04 bits per heavy atom. The zero-order chi connectivity index (χ0) is 18.1. The predicted molar refractivity (Wildman–Crippen MR) is 96.7 cm³/mol. The molecule has 0 aliphatic carbocycles. The van der Waals surface area contributed by atoms with Crippen LogP contribution in [0.1, 0.15) is 11.1 Å². The smallest absolute Gasteiger partial charge is 0.137 e. The van der Waals surface area contributed by atoms with Gasteiger partial charge in [0.2, 0.25) is 0 Å². The predicted octanol–water partition coefficient (Wildman–Crippen LogP) is 4.17. The van der Waals surface area contributed by atoms with Crippen molar-refractivity contribution < 1.29 is 9.50 Å². The van der Waals surface area contributed by atoms with Crippen molar-refractivity contribution in [2.45, 2.75) is 6.61 Å². The molecule has 0 aliphatic rings. The maximum absolute atomic E-state index is 13.9. The van der Waals surface area contributed by atoms with Crippen LogP contribution < -0.4 is 0 Å². The molecule has 2 heterocycles. The zero-order valence-electron chi connectivity index (χ0n) is 13.7. The molecule has 0 unspecified atom stereocenters. The Labute approximate surface area is 149 Å². The molecule has 4 aromatic rings. The summed E-state index contributed by atoms with van der Waals surface area (Å²) in [5, 5.41) is 18.5. The molecule has 0 amide bonds. The molecule has 4 nitrogen and oxygen atoms in total. The van der Waals surface area contributed by atoms with Gasteiger partial charge in [-0.2, -0.15) is 5.26 Å². The van der Waals surface area contributed by atoms with E-state index in [0.29, 0.717) is 11.1 Å². The van der Waals surface area contributed by atoms with Crippen LogP contribution in [-0.2, 0) is 6.61 Å². The van der Waals surface area contributed by atoms with Crippen molar-refractivity contribution in [3.05, 3.63) is 83.9 Å². The van der Waals surface area contributed by atoms with Gasteiger partial charge in [0.25, 0.3) is 0 Å². The summed E-state index contributed by atoms with van der Waals surface area (Å²) in [6.45, 7) is -0.365. The van der Waals surface area contributed by atoms with E-state index >= 15 is 0 Å². The molecule has 0 aliphatic heterocycles. The van der Waals surface area contributed by atoms with Gasteiger partial charge in [-0.25, -0.2) is 9.37 Å². The van der Waals surface area contributed by atoms with Crippen LogP contribution in [0.3, 0.4) is 0 Å². The number of hydrogen-bond acceptors (Lipinski definition) is 3. The minimum Gasteiger partial charge on any atom is -0.392 e. The number of rotatable bonds is 3. The van der Waals surface area contributed by atoms with Gasteiger partial charge in [0, 0.05) is 23.5 Å². The number of benzene rings is 2. The van der Waals surface area contributed by atoms with E-state index in [1.165, 1.54) is 6.07 Å². The van der Waals surface area contributed by atoms with Gasteiger partial charge in [-0.05, 0) is 41.5 Å². The Morgan fingerprint density at radius 2 is 1.88 bits per heavy atom. The van der Waals surface area contributed by atoms with Crippen LogP contribution in [0.4, 0.5) is 4.39 Å². The standard InChI is InChI=1S/C21H14FN3O/c22-19-6-2-5-17(18(19)13-26)16-7-8-21-24-20(12-25(21)11-16)15-4-1-3-14(9-15)10-23/h1-9,11-12,26H,13H2. The first-order valence-electron chi connectivity index (χ1n) is 8.07. The third-order valence-corrected chi connectivity index (χ3v) is 4.33. The molecule has 26 heavy (non-hydrogen) atoms. The molecule has 0 saturated heterocycles. The molecule has 0 atom stereocenters. The number of pyridine rings is 1. The highest BCUT2D eigenvalue weighted by atomic mass is 19.1. The Morgan fingerprint density at radius 3 is 2.69 bits per heavy atom. The number of aromatic nitrogens is 2. The van der Waals surface area contributed by atoms with E-state index in [1.54, 1.807) is 24.3 Å². The number of hydrogen-bond donors (Lipinski definition) is 1. The van der Waals surface area contributed by atoms with E-state index in [4.69, 9.17) is 5.26 Å². The Bertz CT molecular complexity index is 1160. The first kappa shape index (κ1) is 16.0. The lowest BCUT2D eigenvalue weighted by Gasteiger charge is -2.09. The van der Waals surface area contributed by atoms with E-state index in [0.717, 1.165) is 22.5 Å². The second-order valence-corrected chi connectivity index (χ2v) is 5.93. The van der Waals surface area contributed by atoms with Crippen molar-refractivity contribution in [2.75, 3.05) is 0 Å². The molecule has 126 valence electrons. The van der Waals surface area contributed by atoms with Gasteiger partial charge < -0.3 is 9.51 Å². The van der Waals surface area contributed by atoms with Crippen LogP contribution >= 0.6 is 0 Å². The Balaban J connectivity index is 1.82. The number of nitriles is 1. The zero-order valence-corrected chi connectivity index (χ0v) is 13.7. The molecule has 1 N–H and O–H groups in total. The van der Waals surface area contributed by atoms with Crippen LogP contribution in [0, 0.1) is 17.1 Å². The highest BCUT2D eigenvalue weighted by Gasteiger charge is 2.11. The van der Waals surface area contributed by atoms with Crippen LogP contribution in [0.2, 0.25) is 0 Å². The second kappa shape index (κ2) is 6.43. The van der Waals surface area contributed by atoms with Crippen LogP contribution in [-0.4, -0.2) is 14.5 Å². The summed E-state index contributed by atoms with van der Waals surface area (Å²) in [5.74, 6) is -0.426. The minimum absolute atomic E-state index is 0.272. The normalized spacial score (nSPS) is 10.8. The van der Waals surface area contributed by atoms with E-state index in [2.05, 4.69) is 11.1 Å². The Hall–Kier alpha value is -3.49. The quantitative estimate of drug-likeness (QED) is 0.607. The fraction of sp³-hybridized carbons (Fsp3) is 0.0476. The monoisotopic (exact) mass is 343 g/mol. The summed E-state index contributed by atoms with van der Waals surface area (Å²) in [5.41, 5.74) is 4.64. The molecule has 4 rings (SSSR count). The summed E-state index contributed by atoms with van der Waals surface area (Å²) in [7, 11) is 0. The SMILES string of the molecule is N#Cc1cccc(-c2cn3cc(-c4cccc(F)c4CO)ccc3n2)c1. The van der Waals surface area contributed by atoms with Gasteiger partial charge in [0.1, 0.15) is 11.5 Å². The molecule has 0 bridgehead atoms. The summed E-state index contributed by atoms with van der Waals surface area (Å²) in [6.07, 6.45) is 3.72. The lowest BCUT2D eigenvalue weighted by atomic mass is 10.0. The molecule has 0 spiro atoms. The minimum atomic E-state index is -0.426. The van der Waals surface area contributed by atoms with Crippen molar-refractivity contribution in [3.63, 3.8) is 0 Å². The maximum atomic E-state index is 13.9. The topological polar surface area (TPSA) is 61.3 Å². The van der Waals surface area contributed by atoms with Crippen molar-refractivity contribution in [3.8, 4) is 28.5 Å².